The number of piperazine rings is 1. The number of carbonyl (C=O) groups excluding carboxylic acids is 2. The lowest BCUT2D eigenvalue weighted by molar-refractivity contribution is -0.124. The van der Waals surface area contributed by atoms with Crippen LogP contribution in [0.15, 0.2) is 18.2 Å². The molecule has 0 spiro atoms. The highest BCUT2D eigenvalue weighted by molar-refractivity contribution is 5.93. The van der Waals surface area contributed by atoms with E-state index in [2.05, 4.69) is 27.4 Å². The third-order valence-corrected chi connectivity index (χ3v) is 5.21. The number of nitrogens with zero attached hydrogens (tertiary/aromatic N) is 2. The molecule has 2 amide bonds. The molecule has 1 heterocycles. The molecule has 1 aromatic carbocycles. The predicted molar refractivity (Wildman–Crippen MR) is 110 cm³/mol. The SMILES string of the molecule is CCC[C@@H](C)NC(=O)CN1CCN(CC(=O)Nc2cccc(C)c2C)CC1. The van der Waals surface area contributed by atoms with Crippen LogP contribution in [0.1, 0.15) is 37.8 Å². The number of amides is 2. The zero-order chi connectivity index (χ0) is 19.8. The van der Waals surface area contributed by atoms with Crippen LogP contribution in [0.5, 0.6) is 0 Å². The van der Waals surface area contributed by atoms with Crippen molar-refractivity contribution in [2.45, 2.75) is 46.6 Å². The van der Waals surface area contributed by atoms with Gasteiger partial charge in [0.05, 0.1) is 13.1 Å². The van der Waals surface area contributed by atoms with Crippen LogP contribution in [0.3, 0.4) is 0 Å². The van der Waals surface area contributed by atoms with Crippen LogP contribution >= 0.6 is 0 Å². The van der Waals surface area contributed by atoms with Gasteiger partial charge in [-0.1, -0.05) is 25.5 Å². The second-order valence-electron chi connectivity index (χ2n) is 7.61. The molecule has 2 N–H and O–H groups in total. The quantitative estimate of drug-likeness (QED) is 0.732. The lowest BCUT2D eigenvalue weighted by Crippen LogP contribution is -2.51. The largest absolute Gasteiger partial charge is 0.353 e. The Bertz CT molecular complexity index is 639. The summed E-state index contributed by atoms with van der Waals surface area (Å²) in [6, 6.07) is 6.18. The van der Waals surface area contributed by atoms with Gasteiger partial charge < -0.3 is 10.6 Å². The second-order valence-corrected chi connectivity index (χ2v) is 7.61. The zero-order valence-corrected chi connectivity index (χ0v) is 17.2. The number of rotatable bonds is 8. The van der Waals surface area contributed by atoms with Crippen LogP contribution in [0.4, 0.5) is 5.69 Å². The van der Waals surface area contributed by atoms with Gasteiger partial charge in [0.15, 0.2) is 0 Å². The topological polar surface area (TPSA) is 64.7 Å². The lowest BCUT2D eigenvalue weighted by Gasteiger charge is -2.34. The van der Waals surface area contributed by atoms with Crippen LogP contribution < -0.4 is 10.6 Å². The highest BCUT2D eigenvalue weighted by atomic mass is 16.2. The summed E-state index contributed by atoms with van der Waals surface area (Å²) in [5.41, 5.74) is 3.17. The molecule has 1 atom stereocenters. The fourth-order valence-electron chi connectivity index (χ4n) is 3.41. The van der Waals surface area contributed by atoms with Crippen molar-refractivity contribution in [1.82, 2.24) is 15.1 Å². The summed E-state index contributed by atoms with van der Waals surface area (Å²) in [5, 5.41) is 6.07. The van der Waals surface area contributed by atoms with E-state index in [9.17, 15) is 9.59 Å². The molecule has 1 aliphatic rings. The second kappa shape index (κ2) is 10.4. The third-order valence-electron chi connectivity index (χ3n) is 5.21. The molecule has 1 aromatic rings. The predicted octanol–water partition coefficient (Wildman–Crippen LogP) is 2.16. The van der Waals surface area contributed by atoms with Crippen molar-refractivity contribution in [1.29, 1.82) is 0 Å². The summed E-state index contributed by atoms with van der Waals surface area (Å²) in [6.07, 6.45) is 2.08. The fraction of sp³-hybridized carbons (Fsp3) is 0.619. The Balaban J connectivity index is 1.71. The molecule has 0 bridgehead atoms. The van der Waals surface area contributed by atoms with Crippen LogP contribution in [0.25, 0.3) is 0 Å². The summed E-state index contributed by atoms with van der Waals surface area (Å²) in [5.74, 6) is 0.111. The van der Waals surface area contributed by atoms with Crippen LogP contribution in [0, 0.1) is 13.8 Å². The molecule has 1 fully saturated rings. The number of hydrogen-bond acceptors (Lipinski definition) is 4. The Kier molecular flexibility index (Phi) is 8.25. The molecule has 0 saturated carbocycles. The van der Waals surface area contributed by atoms with Crippen LogP contribution in [-0.2, 0) is 9.59 Å². The van der Waals surface area contributed by atoms with Gasteiger partial charge in [0.25, 0.3) is 0 Å². The van der Waals surface area contributed by atoms with Gasteiger partial charge in [0.1, 0.15) is 0 Å². The van der Waals surface area contributed by atoms with Crippen molar-refractivity contribution in [3.63, 3.8) is 0 Å². The molecule has 0 aliphatic carbocycles. The van der Waals surface area contributed by atoms with E-state index in [4.69, 9.17) is 0 Å². The molecular formula is C21H34N4O2. The molecule has 1 saturated heterocycles. The summed E-state index contributed by atoms with van der Waals surface area (Å²) >= 11 is 0. The van der Waals surface area contributed by atoms with Gasteiger partial charge in [-0.15, -0.1) is 0 Å². The van der Waals surface area contributed by atoms with Crippen LogP contribution in [-0.4, -0.2) is 66.9 Å². The molecule has 0 radical (unpaired) electrons. The van der Waals surface area contributed by atoms with E-state index in [0.717, 1.165) is 50.3 Å². The van der Waals surface area contributed by atoms with Crippen molar-refractivity contribution in [2.24, 2.45) is 0 Å². The molecule has 1 aliphatic heterocycles. The average Bonchev–Trinajstić information content (AvgIpc) is 2.60. The van der Waals surface area contributed by atoms with E-state index in [-0.39, 0.29) is 17.9 Å². The van der Waals surface area contributed by atoms with Gasteiger partial charge >= 0.3 is 0 Å². The highest BCUT2D eigenvalue weighted by Crippen LogP contribution is 2.17. The monoisotopic (exact) mass is 374 g/mol. The van der Waals surface area contributed by atoms with Gasteiger partial charge in [0.2, 0.25) is 11.8 Å². The van der Waals surface area contributed by atoms with E-state index < -0.39 is 0 Å². The van der Waals surface area contributed by atoms with Crippen molar-refractivity contribution < 1.29 is 9.59 Å². The minimum atomic E-state index is 0.0169. The maximum Gasteiger partial charge on any atom is 0.238 e. The molecular weight excluding hydrogens is 340 g/mol. The highest BCUT2D eigenvalue weighted by Gasteiger charge is 2.21. The number of aryl methyl sites for hydroxylation is 1. The van der Waals surface area contributed by atoms with Crippen LogP contribution in [0.2, 0.25) is 0 Å². The van der Waals surface area contributed by atoms with Gasteiger partial charge in [-0.3, -0.25) is 19.4 Å². The van der Waals surface area contributed by atoms with E-state index in [1.54, 1.807) is 0 Å². The van der Waals surface area contributed by atoms with Gasteiger partial charge in [-0.2, -0.15) is 0 Å². The summed E-state index contributed by atoms with van der Waals surface area (Å²) in [7, 11) is 0. The Morgan fingerprint density at radius 2 is 1.63 bits per heavy atom. The molecule has 0 aromatic heterocycles. The smallest absolute Gasteiger partial charge is 0.238 e. The standard InChI is InChI=1S/C21H34N4O2/c1-5-7-17(3)22-20(26)14-24-10-12-25(13-11-24)15-21(27)23-19-9-6-8-16(2)18(19)4/h6,8-9,17H,5,7,10-15H2,1-4H3,(H,22,26)(H,23,27)/t17-/m1/s1. The van der Waals surface area contributed by atoms with Gasteiger partial charge in [0, 0.05) is 37.9 Å². The Morgan fingerprint density at radius 1 is 1.04 bits per heavy atom. The fourth-order valence-corrected chi connectivity index (χ4v) is 3.41. The number of hydrogen-bond donors (Lipinski definition) is 2. The lowest BCUT2D eigenvalue weighted by atomic mass is 10.1. The summed E-state index contributed by atoms with van der Waals surface area (Å²) in [6.45, 7) is 12.3. The normalized spacial score (nSPS) is 16.7. The van der Waals surface area contributed by atoms with Crippen molar-refractivity contribution in [3.8, 4) is 0 Å². The first kappa shape index (κ1) is 21.4. The molecule has 0 unspecified atom stereocenters. The van der Waals surface area contributed by atoms with Crippen molar-refractivity contribution >= 4 is 17.5 Å². The maximum atomic E-state index is 12.4. The summed E-state index contributed by atoms with van der Waals surface area (Å²) < 4.78 is 0. The zero-order valence-electron chi connectivity index (χ0n) is 17.2. The van der Waals surface area contributed by atoms with Gasteiger partial charge in [-0.25, -0.2) is 0 Å². The minimum Gasteiger partial charge on any atom is -0.353 e. The first-order valence-electron chi connectivity index (χ1n) is 9.99. The average molecular weight is 375 g/mol. The number of carbonyl (C=O) groups is 2. The molecule has 6 nitrogen and oxygen atoms in total. The Labute approximate surface area is 163 Å². The van der Waals surface area contributed by atoms with E-state index in [1.165, 1.54) is 5.56 Å². The molecule has 6 heteroatoms. The Hall–Kier alpha value is -1.92. The maximum absolute atomic E-state index is 12.4. The van der Waals surface area contributed by atoms with Crippen molar-refractivity contribution in [3.05, 3.63) is 29.3 Å². The number of anilines is 1. The number of benzene rings is 1. The minimum absolute atomic E-state index is 0.0169. The van der Waals surface area contributed by atoms with E-state index in [1.807, 2.05) is 39.0 Å². The van der Waals surface area contributed by atoms with Gasteiger partial charge in [-0.05, 0) is 44.4 Å². The summed E-state index contributed by atoms with van der Waals surface area (Å²) in [4.78, 5) is 28.8. The Morgan fingerprint density at radius 3 is 2.22 bits per heavy atom. The molecule has 150 valence electrons. The third kappa shape index (κ3) is 6.96. The molecule has 2 rings (SSSR count). The first-order chi connectivity index (χ1) is 12.9. The first-order valence-corrected chi connectivity index (χ1v) is 9.99. The number of nitrogens with one attached hydrogen (secondary N) is 2. The van der Waals surface area contributed by atoms with E-state index >= 15 is 0 Å². The van der Waals surface area contributed by atoms with E-state index in [0.29, 0.717) is 13.1 Å². The van der Waals surface area contributed by atoms with Crippen molar-refractivity contribution in [2.75, 3.05) is 44.6 Å². The molecule has 27 heavy (non-hydrogen) atoms.